The fourth-order valence-electron chi connectivity index (χ4n) is 3.40. The molecule has 1 unspecified atom stereocenters. The number of guanidine groups is 1. The molecular weight excluding hydrogens is 350 g/mol. The summed E-state index contributed by atoms with van der Waals surface area (Å²) < 4.78 is 1.87. The smallest absolute Gasteiger partial charge is 0.191 e. The Hall–Kier alpha value is -2.38. The number of hydrogen-bond acceptors (Lipinski definition) is 4. The molecule has 0 saturated carbocycles. The summed E-state index contributed by atoms with van der Waals surface area (Å²) >= 11 is 0. The van der Waals surface area contributed by atoms with Gasteiger partial charge in [-0.15, -0.1) is 0 Å². The van der Waals surface area contributed by atoms with Crippen LogP contribution in [0.5, 0.6) is 0 Å². The van der Waals surface area contributed by atoms with Crippen molar-refractivity contribution in [1.82, 2.24) is 30.2 Å². The third kappa shape index (κ3) is 5.81. The molecule has 1 fully saturated rings. The summed E-state index contributed by atoms with van der Waals surface area (Å²) in [5.74, 6) is 0.900. The predicted octanol–water partition coefficient (Wildman–Crippen LogP) is 1.22. The maximum atomic E-state index is 4.82. The van der Waals surface area contributed by atoms with E-state index in [1.807, 2.05) is 16.9 Å². The molecule has 0 radical (unpaired) electrons. The summed E-state index contributed by atoms with van der Waals surface area (Å²) in [7, 11) is 4.38. The lowest BCUT2D eigenvalue weighted by Crippen LogP contribution is -2.51. The van der Waals surface area contributed by atoms with Crippen molar-refractivity contribution in [2.45, 2.75) is 19.4 Å². The summed E-state index contributed by atoms with van der Waals surface area (Å²) in [5.41, 5.74) is 2.38. The first kappa shape index (κ1) is 20.4. The van der Waals surface area contributed by atoms with Gasteiger partial charge in [-0.05, 0) is 51.2 Å². The lowest BCUT2D eigenvalue weighted by atomic mass is 10.1. The summed E-state index contributed by atoms with van der Waals surface area (Å²) in [6, 6.07) is 10.9. The standard InChI is InChI=1S/C21H33N7/c1-4-22-21(24-16-20-17-26(2)14-15-27(20)3)23-12-10-18-6-8-19(9-7-18)28-13-5-11-25-28/h5-9,11,13,20H,4,10,12,14-17H2,1-3H3,(H2,22,23,24). The van der Waals surface area contributed by atoms with Crippen molar-refractivity contribution in [2.75, 3.05) is 53.4 Å². The lowest BCUT2D eigenvalue weighted by Gasteiger charge is -2.36. The van der Waals surface area contributed by atoms with Crippen molar-refractivity contribution < 1.29 is 0 Å². The molecule has 1 aliphatic rings. The average Bonchev–Trinajstić information content (AvgIpc) is 3.24. The Morgan fingerprint density at radius 3 is 2.71 bits per heavy atom. The van der Waals surface area contributed by atoms with Gasteiger partial charge in [-0.25, -0.2) is 4.68 Å². The second-order valence-corrected chi connectivity index (χ2v) is 7.41. The predicted molar refractivity (Wildman–Crippen MR) is 115 cm³/mol. The van der Waals surface area contributed by atoms with Crippen LogP contribution in [-0.4, -0.2) is 84.9 Å². The lowest BCUT2D eigenvalue weighted by molar-refractivity contribution is 0.119. The van der Waals surface area contributed by atoms with Gasteiger partial charge in [-0.2, -0.15) is 5.10 Å². The van der Waals surface area contributed by atoms with Crippen LogP contribution in [0.4, 0.5) is 0 Å². The van der Waals surface area contributed by atoms with Gasteiger partial charge in [0.2, 0.25) is 0 Å². The van der Waals surface area contributed by atoms with Crippen LogP contribution in [0.3, 0.4) is 0 Å². The molecule has 2 aromatic rings. The molecule has 1 atom stereocenters. The Balaban J connectivity index is 1.49. The topological polar surface area (TPSA) is 60.7 Å². The zero-order valence-corrected chi connectivity index (χ0v) is 17.3. The molecule has 0 bridgehead atoms. The largest absolute Gasteiger partial charge is 0.357 e. The molecular formula is C21H33N7. The summed E-state index contributed by atoms with van der Waals surface area (Å²) in [5, 5.41) is 11.1. The van der Waals surface area contributed by atoms with Gasteiger partial charge in [0.1, 0.15) is 0 Å². The maximum Gasteiger partial charge on any atom is 0.191 e. The van der Waals surface area contributed by atoms with Gasteiger partial charge >= 0.3 is 0 Å². The van der Waals surface area contributed by atoms with E-state index in [2.05, 4.69) is 70.8 Å². The highest BCUT2D eigenvalue weighted by atomic mass is 15.3. The molecule has 0 aliphatic carbocycles. The van der Waals surface area contributed by atoms with Gasteiger partial charge in [0.15, 0.2) is 5.96 Å². The van der Waals surface area contributed by atoms with Crippen LogP contribution in [0.15, 0.2) is 47.7 Å². The second-order valence-electron chi connectivity index (χ2n) is 7.41. The minimum absolute atomic E-state index is 0.476. The summed E-state index contributed by atoms with van der Waals surface area (Å²) in [6.45, 7) is 7.95. The highest BCUT2D eigenvalue weighted by Gasteiger charge is 2.21. The Morgan fingerprint density at radius 2 is 2.00 bits per heavy atom. The van der Waals surface area contributed by atoms with Crippen LogP contribution in [0.2, 0.25) is 0 Å². The van der Waals surface area contributed by atoms with E-state index in [1.54, 1.807) is 6.20 Å². The maximum absolute atomic E-state index is 4.82. The fourth-order valence-corrected chi connectivity index (χ4v) is 3.40. The van der Waals surface area contributed by atoms with Crippen LogP contribution in [0.25, 0.3) is 5.69 Å². The number of nitrogens with one attached hydrogen (secondary N) is 2. The highest BCUT2D eigenvalue weighted by molar-refractivity contribution is 5.79. The molecule has 1 aromatic carbocycles. The normalized spacial score (nSPS) is 19.0. The summed E-state index contributed by atoms with van der Waals surface area (Å²) in [4.78, 5) is 9.61. The number of nitrogens with zero attached hydrogens (tertiary/aromatic N) is 5. The van der Waals surface area contributed by atoms with Crippen molar-refractivity contribution in [1.29, 1.82) is 0 Å². The molecule has 28 heavy (non-hydrogen) atoms. The van der Waals surface area contributed by atoms with E-state index in [-0.39, 0.29) is 0 Å². The molecule has 2 N–H and O–H groups in total. The van der Waals surface area contributed by atoms with Crippen LogP contribution < -0.4 is 10.6 Å². The SMILES string of the molecule is CCNC(=NCC1CN(C)CCN1C)NCCc1ccc(-n2cccn2)cc1. The van der Waals surface area contributed by atoms with E-state index >= 15 is 0 Å². The quantitative estimate of drug-likeness (QED) is 0.556. The van der Waals surface area contributed by atoms with Crippen molar-refractivity contribution in [2.24, 2.45) is 4.99 Å². The third-order valence-electron chi connectivity index (χ3n) is 5.20. The van der Waals surface area contributed by atoms with Gasteiger partial charge in [0.25, 0.3) is 0 Å². The number of benzene rings is 1. The fraction of sp³-hybridized carbons (Fsp3) is 0.524. The van der Waals surface area contributed by atoms with Gasteiger partial charge in [0.05, 0.1) is 12.2 Å². The zero-order chi connectivity index (χ0) is 19.8. The first-order valence-corrected chi connectivity index (χ1v) is 10.2. The molecule has 7 heteroatoms. The van der Waals surface area contributed by atoms with E-state index in [1.165, 1.54) is 5.56 Å². The Morgan fingerprint density at radius 1 is 1.18 bits per heavy atom. The van der Waals surface area contributed by atoms with Crippen molar-refractivity contribution >= 4 is 5.96 Å². The minimum Gasteiger partial charge on any atom is -0.357 e. The van der Waals surface area contributed by atoms with E-state index < -0.39 is 0 Å². The molecule has 7 nitrogen and oxygen atoms in total. The Bertz CT molecular complexity index is 724. The van der Waals surface area contributed by atoms with Gasteiger partial charge in [-0.3, -0.25) is 9.89 Å². The minimum atomic E-state index is 0.476. The number of rotatable bonds is 7. The number of aromatic nitrogens is 2. The number of likely N-dealkylation sites (N-methyl/N-ethyl adjacent to an activating group) is 2. The highest BCUT2D eigenvalue weighted by Crippen LogP contribution is 2.09. The Kier molecular flexibility index (Phi) is 7.45. The van der Waals surface area contributed by atoms with E-state index in [0.717, 1.165) is 57.3 Å². The molecule has 1 saturated heterocycles. The van der Waals surface area contributed by atoms with E-state index in [0.29, 0.717) is 6.04 Å². The molecule has 1 aliphatic heterocycles. The Labute approximate surface area is 168 Å². The molecule has 3 rings (SSSR count). The third-order valence-corrected chi connectivity index (χ3v) is 5.20. The van der Waals surface area contributed by atoms with Crippen molar-refractivity contribution in [3.8, 4) is 5.69 Å². The van der Waals surface area contributed by atoms with Crippen molar-refractivity contribution in [3.05, 3.63) is 48.3 Å². The van der Waals surface area contributed by atoms with E-state index in [9.17, 15) is 0 Å². The van der Waals surface area contributed by atoms with Crippen LogP contribution in [0, 0.1) is 0 Å². The van der Waals surface area contributed by atoms with Gasteiger partial charge in [0, 0.05) is 51.2 Å². The molecule has 1 aromatic heterocycles. The summed E-state index contributed by atoms with van der Waals surface area (Å²) in [6.07, 6.45) is 4.70. The van der Waals surface area contributed by atoms with Crippen LogP contribution >= 0.6 is 0 Å². The van der Waals surface area contributed by atoms with Crippen LogP contribution in [0.1, 0.15) is 12.5 Å². The number of aliphatic imine (C=N–C) groups is 1. The molecule has 0 amide bonds. The first-order chi connectivity index (χ1) is 13.7. The molecule has 0 spiro atoms. The average molecular weight is 384 g/mol. The van der Waals surface area contributed by atoms with Crippen molar-refractivity contribution in [3.63, 3.8) is 0 Å². The van der Waals surface area contributed by atoms with Crippen LogP contribution in [-0.2, 0) is 6.42 Å². The first-order valence-electron chi connectivity index (χ1n) is 10.2. The van der Waals surface area contributed by atoms with E-state index in [4.69, 9.17) is 4.99 Å². The monoisotopic (exact) mass is 383 g/mol. The molecule has 152 valence electrons. The number of hydrogen-bond donors (Lipinski definition) is 2. The zero-order valence-electron chi connectivity index (χ0n) is 17.3. The molecule has 2 heterocycles. The van der Waals surface area contributed by atoms with Gasteiger partial charge < -0.3 is 15.5 Å². The number of piperazine rings is 1. The second kappa shape index (κ2) is 10.2. The van der Waals surface area contributed by atoms with Gasteiger partial charge in [-0.1, -0.05) is 12.1 Å².